The van der Waals surface area contributed by atoms with Crippen molar-refractivity contribution in [3.8, 4) is 10.7 Å². The Morgan fingerprint density at radius 1 is 1.26 bits per heavy atom. The second-order valence-corrected chi connectivity index (χ2v) is 7.91. The van der Waals surface area contributed by atoms with Gasteiger partial charge in [0.2, 0.25) is 0 Å². The molecule has 0 bridgehead atoms. The summed E-state index contributed by atoms with van der Waals surface area (Å²) in [7, 11) is 1.87. The second kappa shape index (κ2) is 6.65. The number of hydrogen-bond acceptors (Lipinski definition) is 4. The molecule has 0 radical (unpaired) electrons. The van der Waals surface area contributed by atoms with E-state index in [0.717, 1.165) is 47.8 Å². The van der Waals surface area contributed by atoms with Crippen LogP contribution in [-0.2, 0) is 6.42 Å². The molecule has 0 aliphatic rings. The Hall–Kier alpha value is 0.0200. The third-order valence-electron chi connectivity index (χ3n) is 2.51. The number of halogens is 3. The molecular formula is C12H12Br3N3S. The summed E-state index contributed by atoms with van der Waals surface area (Å²) in [5.74, 6) is 1.58. The van der Waals surface area contributed by atoms with Crippen LogP contribution in [0.25, 0.3) is 10.7 Å². The molecule has 2 aromatic rings. The number of aromatic nitrogens is 2. The van der Waals surface area contributed by atoms with Crippen LogP contribution in [0.4, 0.5) is 5.82 Å². The summed E-state index contributed by atoms with van der Waals surface area (Å²) < 4.78 is 3.04. The largest absolute Gasteiger partial charge is 0.372 e. The lowest BCUT2D eigenvalue weighted by atomic mass is 10.2. The van der Waals surface area contributed by atoms with Gasteiger partial charge in [-0.2, -0.15) is 0 Å². The van der Waals surface area contributed by atoms with E-state index in [9.17, 15) is 0 Å². The van der Waals surface area contributed by atoms with Crippen molar-refractivity contribution in [2.24, 2.45) is 0 Å². The van der Waals surface area contributed by atoms with Crippen LogP contribution in [0.15, 0.2) is 18.8 Å². The van der Waals surface area contributed by atoms with Gasteiger partial charge >= 0.3 is 0 Å². The number of nitrogens with zero attached hydrogens (tertiary/aromatic N) is 2. The van der Waals surface area contributed by atoms with Gasteiger partial charge in [-0.1, -0.05) is 13.3 Å². The quantitative estimate of drug-likeness (QED) is 0.643. The van der Waals surface area contributed by atoms with Gasteiger partial charge in [0.15, 0.2) is 5.82 Å². The maximum absolute atomic E-state index is 4.67. The standard InChI is InChI=1S/C12H12Br3N3S/c1-3-4-7-9(14)12(16-2)18-11(17-7)8-5-6(13)10(15)19-8/h5H,3-4H2,1-2H3,(H,16,17,18). The second-order valence-electron chi connectivity index (χ2n) is 3.89. The molecule has 1 N–H and O–H groups in total. The Kier molecular flexibility index (Phi) is 5.39. The van der Waals surface area contributed by atoms with Gasteiger partial charge in [-0.25, -0.2) is 9.97 Å². The molecule has 0 amide bonds. The van der Waals surface area contributed by atoms with Gasteiger partial charge in [0.25, 0.3) is 0 Å². The van der Waals surface area contributed by atoms with Crippen LogP contribution in [0.3, 0.4) is 0 Å². The predicted octanol–water partition coefficient (Wildman–Crippen LogP) is 5.49. The molecule has 0 saturated heterocycles. The van der Waals surface area contributed by atoms with Gasteiger partial charge in [-0.15, -0.1) is 11.3 Å². The van der Waals surface area contributed by atoms with Gasteiger partial charge in [-0.05, 0) is 60.3 Å². The van der Waals surface area contributed by atoms with Crippen LogP contribution in [0.2, 0.25) is 0 Å². The molecule has 0 atom stereocenters. The molecule has 3 nitrogen and oxygen atoms in total. The molecule has 0 spiro atoms. The van der Waals surface area contributed by atoms with Crippen molar-refractivity contribution in [1.29, 1.82) is 0 Å². The number of rotatable bonds is 4. The van der Waals surface area contributed by atoms with Crippen LogP contribution in [-0.4, -0.2) is 17.0 Å². The average Bonchev–Trinajstić information content (AvgIpc) is 2.72. The Morgan fingerprint density at radius 2 is 2.00 bits per heavy atom. The Balaban J connectivity index is 2.54. The highest BCUT2D eigenvalue weighted by Gasteiger charge is 2.14. The molecule has 0 aromatic carbocycles. The molecule has 2 aromatic heterocycles. The summed E-state index contributed by atoms with van der Waals surface area (Å²) in [4.78, 5) is 10.3. The minimum atomic E-state index is 0.757. The fraction of sp³-hybridized carbons (Fsp3) is 0.333. The highest BCUT2D eigenvalue weighted by molar-refractivity contribution is 9.13. The van der Waals surface area contributed by atoms with Crippen molar-refractivity contribution in [1.82, 2.24) is 9.97 Å². The van der Waals surface area contributed by atoms with Crippen molar-refractivity contribution in [3.63, 3.8) is 0 Å². The van der Waals surface area contributed by atoms with Crippen LogP contribution >= 0.6 is 59.1 Å². The van der Waals surface area contributed by atoms with Gasteiger partial charge in [0.1, 0.15) is 5.82 Å². The molecule has 0 fully saturated rings. The van der Waals surface area contributed by atoms with Crippen molar-refractivity contribution < 1.29 is 0 Å². The first kappa shape index (κ1) is 15.4. The van der Waals surface area contributed by atoms with Gasteiger partial charge in [0, 0.05) is 11.5 Å². The van der Waals surface area contributed by atoms with Crippen LogP contribution in [0.5, 0.6) is 0 Å². The van der Waals surface area contributed by atoms with E-state index < -0.39 is 0 Å². The monoisotopic (exact) mass is 467 g/mol. The van der Waals surface area contributed by atoms with Crippen LogP contribution in [0.1, 0.15) is 19.0 Å². The summed E-state index contributed by atoms with van der Waals surface area (Å²) >= 11 is 12.2. The lowest BCUT2D eigenvalue weighted by molar-refractivity contribution is 0.869. The smallest absolute Gasteiger partial charge is 0.172 e. The minimum Gasteiger partial charge on any atom is -0.372 e. The first-order chi connectivity index (χ1) is 9.06. The van der Waals surface area contributed by atoms with Crippen molar-refractivity contribution in [2.45, 2.75) is 19.8 Å². The Labute approximate surface area is 141 Å². The predicted molar refractivity (Wildman–Crippen MR) is 92.0 cm³/mol. The molecular weight excluding hydrogens is 458 g/mol. The first-order valence-electron chi connectivity index (χ1n) is 5.76. The number of anilines is 1. The SMILES string of the molecule is CCCc1nc(-c2cc(Br)c(Br)s2)nc(NC)c1Br. The first-order valence-corrected chi connectivity index (χ1v) is 8.95. The summed E-state index contributed by atoms with van der Waals surface area (Å²) in [5, 5.41) is 3.11. The van der Waals surface area contributed by atoms with Gasteiger partial charge in [-0.3, -0.25) is 0 Å². The number of nitrogens with one attached hydrogen (secondary N) is 1. The fourth-order valence-electron chi connectivity index (χ4n) is 1.63. The maximum atomic E-state index is 4.67. The lowest BCUT2D eigenvalue weighted by Gasteiger charge is -2.09. The highest BCUT2D eigenvalue weighted by atomic mass is 79.9. The van der Waals surface area contributed by atoms with E-state index in [1.807, 2.05) is 13.1 Å². The van der Waals surface area contributed by atoms with Crippen LogP contribution in [0, 0.1) is 0 Å². The molecule has 7 heteroatoms. The van der Waals surface area contributed by atoms with E-state index in [1.54, 1.807) is 11.3 Å². The van der Waals surface area contributed by atoms with E-state index >= 15 is 0 Å². The summed E-state index contributed by atoms with van der Waals surface area (Å²) in [6.45, 7) is 2.14. The summed E-state index contributed by atoms with van der Waals surface area (Å²) in [6, 6.07) is 2.03. The number of thiophene rings is 1. The van der Waals surface area contributed by atoms with Gasteiger partial charge in [0.05, 0.1) is 18.8 Å². The van der Waals surface area contributed by atoms with Gasteiger partial charge < -0.3 is 5.32 Å². The van der Waals surface area contributed by atoms with E-state index in [0.29, 0.717) is 0 Å². The molecule has 0 saturated carbocycles. The summed E-state index contributed by atoms with van der Waals surface area (Å²) in [6.07, 6.45) is 1.98. The number of aryl methyl sites for hydroxylation is 1. The Bertz CT molecular complexity index is 579. The summed E-state index contributed by atoms with van der Waals surface area (Å²) in [5.41, 5.74) is 1.04. The molecule has 0 unspecified atom stereocenters. The zero-order valence-corrected chi connectivity index (χ0v) is 16.0. The van der Waals surface area contributed by atoms with Crippen molar-refractivity contribution in [3.05, 3.63) is 24.5 Å². The lowest BCUT2D eigenvalue weighted by Crippen LogP contribution is -2.02. The minimum absolute atomic E-state index is 0.757. The topological polar surface area (TPSA) is 37.8 Å². The van der Waals surface area contributed by atoms with E-state index in [1.165, 1.54) is 0 Å². The third-order valence-corrected chi connectivity index (χ3v) is 6.59. The number of hydrogen-bond donors (Lipinski definition) is 1. The fourth-order valence-corrected chi connectivity index (χ4v) is 4.17. The van der Waals surface area contributed by atoms with E-state index in [4.69, 9.17) is 0 Å². The Morgan fingerprint density at radius 3 is 2.53 bits per heavy atom. The molecule has 0 aliphatic carbocycles. The maximum Gasteiger partial charge on any atom is 0.172 e. The van der Waals surface area contributed by atoms with E-state index in [-0.39, 0.29) is 0 Å². The molecule has 19 heavy (non-hydrogen) atoms. The normalized spacial score (nSPS) is 10.8. The average molecular weight is 470 g/mol. The highest BCUT2D eigenvalue weighted by Crippen LogP contribution is 2.38. The zero-order chi connectivity index (χ0) is 14.0. The molecule has 0 aliphatic heterocycles. The van der Waals surface area contributed by atoms with Crippen molar-refractivity contribution >= 4 is 64.9 Å². The molecule has 2 heterocycles. The molecule has 2 rings (SSSR count). The van der Waals surface area contributed by atoms with Crippen molar-refractivity contribution in [2.75, 3.05) is 12.4 Å². The zero-order valence-electron chi connectivity index (χ0n) is 10.4. The van der Waals surface area contributed by atoms with Crippen LogP contribution < -0.4 is 5.32 Å². The molecule has 102 valence electrons. The third kappa shape index (κ3) is 3.37. The van der Waals surface area contributed by atoms with E-state index in [2.05, 4.69) is 70.0 Å².